The van der Waals surface area contributed by atoms with Gasteiger partial charge >= 0.3 is 11.8 Å². The van der Waals surface area contributed by atoms with Crippen LogP contribution in [-0.2, 0) is 9.59 Å². The number of nitrogens with one attached hydrogen (secondary N) is 2. The van der Waals surface area contributed by atoms with Crippen LogP contribution in [0.25, 0.3) is 0 Å². The average molecular weight is 314 g/mol. The molecule has 2 aromatic carbocycles. The number of hydrogen-bond acceptors (Lipinski definition) is 4. The highest BCUT2D eigenvalue weighted by Gasteiger charge is 2.12. The molecule has 0 aliphatic carbocycles. The largest absolute Gasteiger partial charge is 0.457 e. The summed E-state index contributed by atoms with van der Waals surface area (Å²) in [4.78, 5) is 23.2. The Balaban J connectivity index is 1.87. The number of carbonyl (C=O) groups excluding carboxylic acids is 2. The Kier molecular flexibility index (Phi) is 6.14. The van der Waals surface area contributed by atoms with Gasteiger partial charge in [0.25, 0.3) is 0 Å². The van der Waals surface area contributed by atoms with Crippen molar-refractivity contribution in [3.05, 3.63) is 54.6 Å². The minimum atomic E-state index is -0.750. The third-order valence-electron chi connectivity index (χ3n) is 2.92. The van der Waals surface area contributed by atoms with Gasteiger partial charge < -0.3 is 20.5 Å². The molecule has 0 saturated heterocycles. The predicted molar refractivity (Wildman–Crippen MR) is 86.3 cm³/mol. The standard InChI is InChI=1S/C17H18N2O4/c20-12-4-11-18-16(21)17(22)19-13-7-9-15(10-8-13)23-14-5-2-1-3-6-14/h1-3,5-10,20H,4,11-12H2,(H,18,21)(H,19,22). The summed E-state index contributed by atoms with van der Waals surface area (Å²) < 4.78 is 5.64. The molecule has 2 amide bonds. The summed E-state index contributed by atoms with van der Waals surface area (Å²) in [5.74, 6) is -0.142. The first-order chi connectivity index (χ1) is 11.2. The number of aliphatic hydroxyl groups excluding tert-OH is 1. The molecule has 0 aromatic heterocycles. The van der Waals surface area contributed by atoms with Crippen LogP contribution in [0.1, 0.15) is 6.42 Å². The maximum atomic E-state index is 11.7. The Morgan fingerprint density at radius 2 is 1.57 bits per heavy atom. The zero-order valence-electron chi connectivity index (χ0n) is 12.5. The molecule has 0 atom stereocenters. The second-order valence-electron chi connectivity index (χ2n) is 4.73. The summed E-state index contributed by atoms with van der Waals surface area (Å²) in [7, 11) is 0. The molecule has 23 heavy (non-hydrogen) atoms. The summed E-state index contributed by atoms with van der Waals surface area (Å²) in [6.45, 7) is 0.220. The molecular weight excluding hydrogens is 296 g/mol. The average Bonchev–Trinajstić information content (AvgIpc) is 2.57. The lowest BCUT2D eigenvalue weighted by atomic mass is 10.3. The zero-order valence-corrected chi connectivity index (χ0v) is 12.5. The van der Waals surface area contributed by atoms with Gasteiger partial charge in [-0.05, 0) is 42.8 Å². The van der Waals surface area contributed by atoms with Gasteiger partial charge in [0.15, 0.2) is 0 Å². The van der Waals surface area contributed by atoms with E-state index in [-0.39, 0.29) is 13.2 Å². The minimum Gasteiger partial charge on any atom is -0.457 e. The van der Waals surface area contributed by atoms with E-state index in [4.69, 9.17) is 9.84 Å². The van der Waals surface area contributed by atoms with Gasteiger partial charge in [0.2, 0.25) is 0 Å². The Labute approximate surface area is 134 Å². The SMILES string of the molecule is O=C(NCCCO)C(=O)Nc1ccc(Oc2ccccc2)cc1. The van der Waals surface area contributed by atoms with Gasteiger partial charge in [0.05, 0.1) is 0 Å². The fourth-order valence-electron chi connectivity index (χ4n) is 1.78. The molecule has 6 nitrogen and oxygen atoms in total. The first kappa shape index (κ1) is 16.5. The molecule has 0 spiro atoms. The number of rotatable bonds is 6. The smallest absolute Gasteiger partial charge is 0.313 e. The first-order valence-electron chi connectivity index (χ1n) is 7.22. The van der Waals surface area contributed by atoms with Crippen LogP contribution in [0.4, 0.5) is 5.69 Å². The van der Waals surface area contributed by atoms with Gasteiger partial charge in [-0.15, -0.1) is 0 Å². The molecule has 2 aromatic rings. The van der Waals surface area contributed by atoms with E-state index in [2.05, 4.69) is 10.6 Å². The van der Waals surface area contributed by atoms with Crippen molar-refractivity contribution in [1.82, 2.24) is 5.32 Å². The highest BCUT2D eigenvalue weighted by atomic mass is 16.5. The molecule has 120 valence electrons. The Morgan fingerprint density at radius 3 is 2.22 bits per heavy atom. The van der Waals surface area contributed by atoms with Crippen LogP contribution in [0.3, 0.4) is 0 Å². The lowest BCUT2D eigenvalue weighted by molar-refractivity contribution is -0.136. The molecule has 0 bridgehead atoms. The normalized spacial score (nSPS) is 9.96. The first-order valence-corrected chi connectivity index (χ1v) is 7.22. The molecule has 0 saturated carbocycles. The van der Waals surface area contributed by atoms with E-state index in [0.29, 0.717) is 23.6 Å². The third kappa shape index (κ3) is 5.44. The Bertz CT molecular complexity index is 641. The zero-order chi connectivity index (χ0) is 16.5. The number of carbonyl (C=O) groups is 2. The molecule has 0 radical (unpaired) electrons. The number of benzene rings is 2. The van der Waals surface area contributed by atoms with E-state index in [1.165, 1.54) is 0 Å². The number of aliphatic hydroxyl groups is 1. The van der Waals surface area contributed by atoms with E-state index in [9.17, 15) is 9.59 Å². The van der Waals surface area contributed by atoms with E-state index in [1.54, 1.807) is 24.3 Å². The van der Waals surface area contributed by atoms with Crippen LogP contribution in [0, 0.1) is 0 Å². The third-order valence-corrected chi connectivity index (χ3v) is 2.92. The van der Waals surface area contributed by atoms with Crippen molar-refractivity contribution < 1.29 is 19.4 Å². The van der Waals surface area contributed by atoms with Gasteiger partial charge in [-0.3, -0.25) is 9.59 Å². The maximum absolute atomic E-state index is 11.7. The minimum absolute atomic E-state index is 0.0369. The van der Waals surface area contributed by atoms with Crippen molar-refractivity contribution in [2.24, 2.45) is 0 Å². The summed E-state index contributed by atoms with van der Waals surface area (Å²) in [5, 5.41) is 13.5. The topological polar surface area (TPSA) is 87.7 Å². The van der Waals surface area contributed by atoms with Crippen LogP contribution in [0.2, 0.25) is 0 Å². The molecular formula is C17H18N2O4. The molecule has 2 rings (SSSR count). The van der Waals surface area contributed by atoms with Crippen LogP contribution in [-0.4, -0.2) is 30.1 Å². The van der Waals surface area contributed by atoms with Gasteiger partial charge in [-0.1, -0.05) is 18.2 Å². The van der Waals surface area contributed by atoms with Crippen molar-refractivity contribution in [2.45, 2.75) is 6.42 Å². The summed E-state index contributed by atoms with van der Waals surface area (Å²) in [6, 6.07) is 16.0. The lowest BCUT2D eigenvalue weighted by Crippen LogP contribution is -2.36. The van der Waals surface area contributed by atoms with E-state index >= 15 is 0 Å². The van der Waals surface area contributed by atoms with Gasteiger partial charge in [-0.25, -0.2) is 0 Å². The highest BCUT2D eigenvalue weighted by Crippen LogP contribution is 2.22. The fraction of sp³-hybridized carbons (Fsp3) is 0.176. The lowest BCUT2D eigenvalue weighted by Gasteiger charge is -2.08. The predicted octanol–water partition coefficient (Wildman–Crippen LogP) is 1.92. The monoisotopic (exact) mass is 314 g/mol. The summed E-state index contributed by atoms with van der Waals surface area (Å²) >= 11 is 0. The molecule has 6 heteroatoms. The fourth-order valence-corrected chi connectivity index (χ4v) is 1.78. The molecule has 0 fully saturated rings. The van der Waals surface area contributed by atoms with Crippen LogP contribution in [0.15, 0.2) is 54.6 Å². The van der Waals surface area contributed by atoms with Crippen LogP contribution in [0.5, 0.6) is 11.5 Å². The highest BCUT2D eigenvalue weighted by molar-refractivity contribution is 6.39. The molecule has 0 aliphatic rings. The number of para-hydroxylation sites is 1. The number of amides is 2. The second kappa shape index (κ2) is 8.55. The Morgan fingerprint density at radius 1 is 0.913 bits per heavy atom. The maximum Gasteiger partial charge on any atom is 0.313 e. The summed E-state index contributed by atoms with van der Waals surface area (Å²) in [5.41, 5.74) is 0.493. The van der Waals surface area contributed by atoms with Crippen molar-refractivity contribution in [3.8, 4) is 11.5 Å². The molecule has 0 aliphatic heterocycles. The van der Waals surface area contributed by atoms with Gasteiger partial charge in [-0.2, -0.15) is 0 Å². The van der Waals surface area contributed by atoms with E-state index in [0.717, 1.165) is 0 Å². The van der Waals surface area contributed by atoms with E-state index < -0.39 is 11.8 Å². The summed E-state index contributed by atoms with van der Waals surface area (Å²) in [6.07, 6.45) is 0.407. The molecule has 0 heterocycles. The number of anilines is 1. The van der Waals surface area contributed by atoms with E-state index in [1.807, 2.05) is 30.3 Å². The van der Waals surface area contributed by atoms with Crippen molar-refractivity contribution in [3.63, 3.8) is 0 Å². The quantitative estimate of drug-likeness (QED) is 0.561. The van der Waals surface area contributed by atoms with Gasteiger partial charge in [0, 0.05) is 18.8 Å². The molecule has 0 unspecified atom stereocenters. The van der Waals surface area contributed by atoms with Crippen LogP contribution >= 0.6 is 0 Å². The Hall–Kier alpha value is -2.86. The number of hydrogen-bond donors (Lipinski definition) is 3. The second-order valence-corrected chi connectivity index (χ2v) is 4.73. The number of ether oxygens (including phenoxy) is 1. The van der Waals surface area contributed by atoms with Crippen LogP contribution < -0.4 is 15.4 Å². The van der Waals surface area contributed by atoms with Crippen molar-refractivity contribution >= 4 is 17.5 Å². The van der Waals surface area contributed by atoms with Gasteiger partial charge in [0.1, 0.15) is 11.5 Å². The van der Waals surface area contributed by atoms with Crippen molar-refractivity contribution in [2.75, 3.05) is 18.5 Å². The molecule has 3 N–H and O–H groups in total. The van der Waals surface area contributed by atoms with Crippen molar-refractivity contribution in [1.29, 1.82) is 0 Å².